The van der Waals surface area contributed by atoms with Crippen LogP contribution in [0.3, 0.4) is 0 Å². The van der Waals surface area contributed by atoms with Crippen LogP contribution in [0.25, 0.3) is 17.4 Å². The lowest BCUT2D eigenvalue weighted by molar-refractivity contribution is -0.140. The van der Waals surface area contributed by atoms with Crippen molar-refractivity contribution in [3.8, 4) is 17.4 Å². The fourth-order valence-corrected chi connectivity index (χ4v) is 3.69. The molecule has 0 radical (unpaired) electrons. The molecule has 2 heterocycles. The summed E-state index contributed by atoms with van der Waals surface area (Å²) in [5, 5.41) is 10.2. The molecular formula is C26H19ClN2O3. The number of hydrogen-bond donors (Lipinski definition) is 0. The van der Waals surface area contributed by atoms with Gasteiger partial charge >= 0.3 is 0 Å². The molecule has 2 amide bonds. The van der Waals surface area contributed by atoms with E-state index < -0.39 is 11.8 Å². The van der Waals surface area contributed by atoms with Crippen molar-refractivity contribution in [2.75, 3.05) is 6.54 Å². The molecule has 1 aliphatic rings. The topological polar surface area (TPSA) is 74.3 Å². The number of benzene rings is 2. The summed E-state index contributed by atoms with van der Waals surface area (Å²) in [6, 6.07) is 22.3. The Hall–Kier alpha value is -3.88. The smallest absolute Gasteiger partial charge is 0.271 e. The van der Waals surface area contributed by atoms with Crippen LogP contribution in [-0.2, 0) is 16.0 Å². The van der Waals surface area contributed by atoms with E-state index in [0.29, 0.717) is 28.5 Å². The number of carbonyl (C=O) groups excluding carboxylic acids is 2. The second-order valence-electron chi connectivity index (χ2n) is 7.38. The second kappa shape index (κ2) is 9.09. The molecule has 1 aliphatic heterocycles. The zero-order chi connectivity index (χ0) is 22.7. The van der Waals surface area contributed by atoms with Gasteiger partial charge in [-0.3, -0.25) is 14.5 Å². The van der Waals surface area contributed by atoms with Gasteiger partial charge in [0.2, 0.25) is 0 Å². The van der Waals surface area contributed by atoms with E-state index in [-0.39, 0.29) is 17.7 Å². The van der Waals surface area contributed by atoms with E-state index in [9.17, 15) is 14.9 Å². The molecule has 0 bridgehead atoms. The van der Waals surface area contributed by atoms with Gasteiger partial charge in [0, 0.05) is 22.7 Å². The largest absolute Gasteiger partial charge is 0.457 e. The minimum atomic E-state index is -0.565. The van der Waals surface area contributed by atoms with Gasteiger partial charge in [0.1, 0.15) is 23.2 Å². The van der Waals surface area contributed by atoms with Crippen molar-refractivity contribution in [2.45, 2.75) is 13.3 Å². The molecule has 1 aromatic heterocycles. The van der Waals surface area contributed by atoms with Crippen molar-refractivity contribution in [1.29, 1.82) is 5.26 Å². The monoisotopic (exact) mass is 442 g/mol. The zero-order valence-electron chi connectivity index (χ0n) is 17.3. The quantitative estimate of drug-likeness (QED) is 0.389. The van der Waals surface area contributed by atoms with Gasteiger partial charge in [0.05, 0.1) is 0 Å². The highest BCUT2D eigenvalue weighted by atomic mass is 35.5. The maximum atomic E-state index is 13.2. The Morgan fingerprint density at radius 3 is 2.41 bits per heavy atom. The van der Waals surface area contributed by atoms with Gasteiger partial charge in [-0.05, 0) is 67.0 Å². The normalized spacial score (nSPS) is 15.4. The number of imide groups is 1. The Kier molecular flexibility index (Phi) is 6.07. The molecule has 0 saturated carbocycles. The van der Waals surface area contributed by atoms with E-state index in [4.69, 9.17) is 16.0 Å². The molecule has 6 heteroatoms. The lowest BCUT2D eigenvalue weighted by atomic mass is 9.94. The van der Waals surface area contributed by atoms with Gasteiger partial charge in [0.15, 0.2) is 0 Å². The van der Waals surface area contributed by atoms with Gasteiger partial charge in [-0.15, -0.1) is 0 Å². The summed E-state index contributed by atoms with van der Waals surface area (Å²) in [5.41, 5.74) is 2.43. The Balaban J connectivity index is 1.64. The van der Waals surface area contributed by atoms with Crippen LogP contribution in [0.1, 0.15) is 18.2 Å². The van der Waals surface area contributed by atoms with Crippen molar-refractivity contribution in [3.63, 3.8) is 0 Å². The third-order valence-corrected chi connectivity index (χ3v) is 5.59. The highest BCUT2D eigenvalue weighted by molar-refractivity contribution is 6.30. The molecule has 0 spiro atoms. The average Bonchev–Trinajstić information content (AvgIpc) is 3.27. The van der Waals surface area contributed by atoms with Crippen molar-refractivity contribution >= 4 is 29.5 Å². The van der Waals surface area contributed by atoms with Crippen molar-refractivity contribution in [1.82, 2.24) is 4.90 Å². The molecule has 32 heavy (non-hydrogen) atoms. The fourth-order valence-electron chi connectivity index (χ4n) is 3.56. The highest BCUT2D eigenvalue weighted by Gasteiger charge is 2.35. The van der Waals surface area contributed by atoms with Crippen LogP contribution >= 0.6 is 11.6 Å². The summed E-state index contributed by atoms with van der Waals surface area (Å²) < 4.78 is 5.89. The Morgan fingerprint density at radius 2 is 1.72 bits per heavy atom. The van der Waals surface area contributed by atoms with Gasteiger partial charge in [-0.25, -0.2) is 0 Å². The molecule has 5 nitrogen and oxygen atoms in total. The molecule has 0 saturated heterocycles. The Bertz CT molecular complexity index is 1280. The molecule has 158 valence electrons. The first-order valence-electron chi connectivity index (χ1n) is 10.1. The van der Waals surface area contributed by atoms with Crippen LogP contribution in [-0.4, -0.2) is 23.3 Å². The number of halogens is 1. The van der Waals surface area contributed by atoms with Crippen LogP contribution in [0.4, 0.5) is 0 Å². The summed E-state index contributed by atoms with van der Waals surface area (Å²) in [7, 11) is 0. The number of furan rings is 1. The maximum Gasteiger partial charge on any atom is 0.271 e. The van der Waals surface area contributed by atoms with E-state index in [0.717, 1.165) is 16.0 Å². The Morgan fingerprint density at radius 1 is 1.00 bits per heavy atom. The van der Waals surface area contributed by atoms with Crippen LogP contribution < -0.4 is 0 Å². The number of carbonyl (C=O) groups is 2. The summed E-state index contributed by atoms with van der Waals surface area (Å²) >= 11 is 5.94. The molecule has 3 aromatic rings. The van der Waals surface area contributed by atoms with E-state index >= 15 is 0 Å². The molecule has 0 aliphatic carbocycles. The van der Waals surface area contributed by atoms with Crippen molar-refractivity contribution in [3.05, 3.63) is 99.8 Å². The molecule has 0 unspecified atom stereocenters. The van der Waals surface area contributed by atoms with Crippen LogP contribution in [0.2, 0.25) is 5.02 Å². The average molecular weight is 443 g/mol. The van der Waals surface area contributed by atoms with Crippen LogP contribution in [0.5, 0.6) is 0 Å². The number of amides is 2. The highest BCUT2D eigenvalue weighted by Crippen LogP contribution is 2.29. The first kappa shape index (κ1) is 21.4. The third kappa shape index (κ3) is 4.27. The van der Waals surface area contributed by atoms with Crippen molar-refractivity contribution in [2.24, 2.45) is 0 Å². The number of nitrogens with zero attached hydrogens (tertiary/aromatic N) is 2. The Labute approximate surface area is 190 Å². The van der Waals surface area contributed by atoms with Gasteiger partial charge in [-0.2, -0.15) is 5.26 Å². The first-order chi connectivity index (χ1) is 15.5. The minimum absolute atomic E-state index is 0.0339. The zero-order valence-corrected chi connectivity index (χ0v) is 18.1. The molecule has 0 N–H and O–H groups in total. The summed E-state index contributed by atoms with van der Waals surface area (Å²) in [4.78, 5) is 27.1. The lowest BCUT2D eigenvalue weighted by Gasteiger charge is -2.27. The van der Waals surface area contributed by atoms with Gasteiger partial charge in [-0.1, -0.05) is 41.9 Å². The van der Waals surface area contributed by atoms with Crippen LogP contribution in [0.15, 0.2) is 87.9 Å². The summed E-state index contributed by atoms with van der Waals surface area (Å²) in [6.07, 6.45) is 2.08. The predicted molar refractivity (Wildman–Crippen MR) is 122 cm³/mol. The maximum absolute atomic E-state index is 13.2. The number of rotatable bonds is 5. The molecule has 2 aromatic carbocycles. The molecular weight excluding hydrogens is 424 g/mol. The lowest BCUT2D eigenvalue weighted by Crippen LogP contribution is -2.43. The van der Waals surface area contributed by atoms with Crippen LogP contribution in [0, 0.1) is 11.3 Å². The predicted octanol–water partition coefficient (Wildman–Crippen LogP) is 5.43. The minimum Gasteiger partial charge on any atom is -0.457 e. The SMILES string of the molecule is CC1=C(C#N)C(=O)N(CCc2ccccc2)C(=O)/C1=C\c1ccc(-c2ccc(Cl)cc2)o1. The van der Waals surface area contributed by atoms with E-state index in [1.54, 1.807) is 37.3 Å². The summed E-state index contributed by atoms with van der Waals surface area (Å²) in [6.45, 7) is 1.80. The fraction of sp³-hybridized carbons (Fsp3) is 0.115. The van der Waals surface area contributed by atoms with E-state index in [1.165, 1.54) is 0 Å². The molecule has 0 fully saturated rings. The first-order valence-corrected chi connectivity index (χ1v) is 10.4. The third-order valence-electron chi connectivity index (χ3n) is 5.33. The standard InChI is InChI=1S/C26H19ClN2O3/c1-17-22(15-21-11-12-24(32-21)19-7-9-20(27)10-8-19)25(30)29(26(31)23(17)16-28)14-13-18-5-3-2-4-6-18/h2-12,15H,13-14H2,1H3/b22-15-. The molecule has 0 atom stereocenters. The van der Waals surface area contributed by atoms with E-state index in [2.05, 4.69) is 0 Å². The number of hydrogen-bond acceptors (Lipinski definition) is 4. The van der Waals surface area contributed by atoms with Gasteiger partial charge < -0.3 is 4.42 Å². The van der Waals surface area contributed by atoms with Gasteiger partial charge in [0.25, 0.3) is 11.8 Å². The van der Waals surface area contributed by atoms with E-state index in [1.807, 2.05) is 48.5 Å². The summed E-state index contributed by atoms with van der Waals surface area (Å²) in [5.74, 6) is 0.0690. The van der Waals surface area contributed by atoms with Crippen molar-refractivity contribution < 1.29 is 14.0 Å². The second-order valence-corrected chi connectivity index (χ2v) is 7.81. The molecule has 4 rings (SSSR count). The number of nitriles is 1.